The van der Waals surface area contributed by atoms with E-state index < -0.39 is 5.91 Å². The molecule has 2 aromatic heterocycles. The van der Waals surface area contributed by atoms with Crippen molar-refractivity contribution in [3.05, 3.63) is 70.0 Å². The van der Waals surface area contributed by atoms with Crippen molar-refractivity contribution in [2.24, 2.45) is 0 Å². The summed E-state index contributed by atoms with van der Waals surface area (Å²) in [6.45, 7) is 0. The number of thiocarbonyl (C=S) groups is 1. The minimum atomic E-state index is -0.449. The number of nitrogens with one attached hydrogen (secondary N) is 2. The predicted octanol–water partition coefficient (Wildman–Crippen LogP) is 4.88. The van der Waals surface area contributed by atoms with E-state index in [9.17, 15) is 4.79 Å². The number of carbonyl (C=O) groups is 1. The SMILES string of the molecule is O=C(NC(=S)Nc1ccc(Br)cn1)c1ccc(-c2ccc(Cl)cc2)o1. The van der Waals surface area contributed by atoms with Gasteiger partial charge in [0.25, 0.3) is 5.91 Å². The van der Waals surface area contributed by atoms with E-state index in [1.807, 2.05) is 18.2 Å². The van der Waals surface area contributed by atoms with Gasteiger partial charge in [-0.3, -0.25) is 10.1 Å². The summed E-state index contributed by atoms with van der Waals surface area (Å²) in [6.07, 6.45) is 1.62. The molecule has 3 rings (SSSR count). The van der Waals surface area contributed by atoms with Crippen LogP contribution in [0.5, 0.6) is 0 Å². The standard InChI is InChI=1S/C17H11BrClN3O2S/c18-11-3-8-15(20-9-11)21-17(25)22-16(23)14-7-6-13(24-14)10-1-4-12(19)5-2-10/h1-9H,(H2,20,21,22,23,25). The van der Waals surface area contributed by atoms with Crippen molar-refractivity contribution in [2.75, 3.05) is 5.32 Å². The number of benzene rings is 1. The molecule has 0 atom stereocenters. The normalized spacial score (nSPS) is 10.3. The molecule has 0 saturated carbocycles. The van der Waals surface area contributed by atoms with Crippen LogP contribution in [0.15, 0.2) is 63.6 Å². The smallest absolute Gasteiger partial charge is 0.293 e. The number of pyridine rings is 1. The summed E-state index contributed by atoms with van der Waals surface area (Å²) < 4.78 is 6.42. The van der Waals surface area contributed by atoms with Gasteiger partial charge in [-0.15, -0.1) is 0 Å². The zero-order valence-electron chi connectivity index (χ0n) is 12.6. The molecule has 0 fully saturated rings. The molecule has 0 bridgehead atoms. The van der Waals surface area contributed by atoms with E-state index in [-0.39, 0.29) is 10.9 Å². The van der Waals surface area contributed by atoms with Crippen LogP contribution < -0.4 is 10.6 Å². The number of anilines is 1. The third kappa shape index (κ3) is 4.66. The maximum absolute atomic E-state index is 12.2. The van der Waals surface area contributed by atoms with E-state index in [1.165, 1.54) is 0 Å². The molecule has 3 aromatic rings. The highest BCUT2D eigenvalue weighted by molar-refractivity contribution is 9.10. The van der Waals surface area contributed by atoms with Crippen LogP contribution in [-0.2, 0) is 0 Å². The Kier molecular flexibility index (Phi) is 5.47. The maximum atomic E-state index is 12.2. The lowest BCUT2D eigenvalue weighted by Gasteiger charge is -2.07. The number of rotatable bonds is 3. The number of carbonyl (C=O) groups excluding carboxylic acids is 1. The summed E-state index contributed by atoms with van der Waals surface area (Å²) in [7, 11) is 0. The van der Waals surface area contributed by atoms with E-state index in [0.717, 1.165) is 10.0 Å². The van der Waals surface area contributed by atoms with Gasteiger partial charge < -0.3 is 9.73 Å². The highest BCUT2D eigenvalue weighted by Gasteiger charge is 2.14. The summed E-state index contributed by atoms with van der Waals surface area (Å²) in [4.78, 5) is 16.3. The number of hydrogen-bond donors (Lipinski definition) is 2. The molecule has 0 aliphatic rings. The Bertz CT molecular complexity index is 910. The summed E-state index contributed by atoms with van der Waals surface area (Å²) >= 11 is 14.3. The van der Waals surface area contributed by atoms with Gasteiger partial charge in [0.05, 0.1) is 0 Å². The van der Waals surface area contributed by atoms with E-state index >= 15 is 0 Å². The van der Waals surface area contributed by atoms with Crippen molar-refractivity contribution < 1.29 is 9.21 Å². The summed E-state index contributed by atoms with van der Waals surface area (Å²) in [5, 5.41) is 6.13. The van der Waals surface area contributed by atoms with Crippen LogP contribution in [0.25, 0.3) is 11.3 Å². The molecule has 0 radical (unpaired) electrons. The molecule has 5 nitrogen and oxygen atoms in total. The first-order valence-corrected chi connectivity index (χ1v) is 8.69. The second-order valence-electron chi connectivity index (χ2n) is 4.94. The van der Waals surface area contributed by atoms with E-state index in [2.05, 4.69) is 31.5 Å². The molecular weight excluding hydrogens is 426 g/mol. The number of furan rings is 1. The Balaban J connectivity index is 1.64. The molecular formula is C17H11BrClN3O2S. The fraction of sp³-hybridized carbons (Fsp3) is 0. The van der Waals surface area contributed by atoms with E-state index in [0.29, 0.717) is 16.6 Å². The van der Waals surface area contributed by atoms with Gasteiger partial charge in [0, 0.05) is 21.3 Å². The van der Waals surface area contributed by atoms with Crippen molar-refractivity contribution in [3.8, 4) is 11.3 Å². The minimum Gasteiger partial charge on any atom is -0.451 e. The van der Waals surface area contributed by atoms with Gasteiger partial charge in [0.15, 0.2) is 10.9 Å². The van der Waals surface area contributed by atoms with Gasteiger partial charge in [-0.25, -0.2) is 4.98 Å². The van der Waals surface area contributed by atoms with Crippen LogP contribution in [-0.4, -0.2) is 16.0 Å². The molecule has 2 heterocycles. The van der Waals surface area contributed by atoms with Crippen LogP contribution in [0, 0.1) is 0 Å². The zero-order chi connectivity index (χ0) is 17.8. The molecule has 0 unspecified atom stereocenters. The first-order chi connectivity index (χ1) is 12.0. The lowest BCUT2D eigenvalue weighted by molar-refractivity contribution is 0.0951. The van der Waals surface area contributed by atoms with Crippen molar-refractivity contribution in [1.82, 2.24) is 10.3 Å². The van der Waals surface area contributed by atoms with Gasteiger partial charge in [0.1, 0.15) is 11.6 Å². The summed E-state index contributed by atoms with van der Waals surface area (Å²) in [5.74, 6) is 0.790. The van der Waals surface area contributed by atoms with Crippen molar-refractivity contribution in [3.63, 3.8) is 0 Å². The molecule has 1 aromatic carbocycles. The first kappa shape index (κ1) is 17.6. The average Bonchev–Trinajstić information content (AvgIpc) is 3.08. The van der Waals surface area contributed by atoms with Crippen LogP contribution in [0.4, 0.5) is 5.82 Å². The number of hydrogen-bond acceptors (Lipinski definition) is 4. The maximum Gasteiger partial charge on any atom is 0.293 e. The number of halogens is 2. The largest absolute Gasteiger partial charge is 0.451 e. The van der Waals surface area contributed by atoms with Gasteiger partial charge in [-0.2, -0.15) is 0 Å². The topological polar surface area (TPSA) is 67.2 Å². The zero-order valence-corrected chi connectivity index (χ0v) is 15.8. The Morgan fingerprint density at radius 2 is 1.88 bits per heavy atom. The molecule has 126 valence electrons. The third-order valence-corrected chi connectivity index (χ3v) is 4.08. The Hall–Kier alpha value is -2.22. The quantitative estimate of drug-likeness (QED) is 0.573. The van der Waals surface area contributed by atoms with Gasteiger partial charge in [-0.05, 0) is 76.7 Å². The molecule has 0 saturated heterocycles. The predicted molar refractivity (Wildman–Crippen MR) is 105 cm³/mol. The van der Waals surface area contributed by atoms with Crippen LogP contribution in [0.1, 0.15) is 10.6 Å². The van der Waals surface area contributed by atoms with E-state index in [4.69, 9.17) is 28.2 Å². The number of aromatic nitrogens is 1. The van der Waals surface area contributed by atoms with Crippen molar-refractivity contribution >= 4 is 56.6 Å². The molecule has 25 heavy (non-hydrogen) atoms. The van der Waals surface area contributed by atoms with Gasteiger partial charge >= 0.3 is 0 Å². The lowest BCUT2D eigenvalue weighted by Crippen LogP contribution is -2.34. The minimum absolute atomic E-state index is 0.129. The molecule has 0 aliphatic heterocycles. The first-order valence-electron chi connectivity index (χ1n) is 7.11. The highest BCUT2D eigenvalue weighted by Crippen LogP contribution is 2.23. The second-order valence-corrected chi connectivity index (χ2v) is 6.70. The summed E-state index contributed by atoms with van der Waals surface area (Å²) in [6, 6.07) is 14.0. The highest BCUT2D eigenvalue weighted by atomic mass is 79.9. The van der Waals surface area contributed by atoms with E-state index in [1.54, 1.807) is 36.5 Å². The molecule has 8 heteroatoms. The van der Waals surface area contributed by atoms with Gasteiger partial charge in [0.2, 0.25) is 0 Å². The third-order valence-electron chi connectivity index (χ3n) is 3.15. The lowest BCUT2D eigenvalue weighted by atomic mass is 10.2. The Morgan fingerprint density at radius 1 is 1.12 bits per heavy atom. The number of amides is 1. The summed E-state index contributed by atoms with van der Waals surface area (Å²) in [5.41, 5.74) is 0.822. The van der Waals surface area contributed by atoms with Crippen molar-refractivity contribution in [1.29, 1.82) is 0 Å². The molecule has 0 aliphatic carbocycles. The monoisotopic (exact) mass is 435 g/mol. The molecule has 0 spiro atoms. The van der Waals surface area contributed by atoms with Gasteiger partial charge in [-0.1, -0.05) is 11.6 Å². The second kappa shape index (κ2) is 7.77. The Morgan fingerprint density at radius 3 is 2.56 bits per heavy atom. The fourth-order valence-corrected chi connectivity index (χ4v) is 2.55. The molecule has 1 amide bonds. The Labute approximate surface area is 162 Å². The number of nitrogens with zero attached hydrogens (tertiary/aromatic N) is 1. The van der Waals surface area contributed by atoms with Crippen LogP contribution in [0.2, 0.25) is 5.02 Å². The molecule has 2 N–H and O–H groups in total. The van der Waals surface area contributed by atoms with Crippen molar-refractivity contribution in [2.45, 2.75) is 0 Å². The van der Waals surface area contributed by atoms with Crippen LogP contribution >= 0.6 is 39.7 Å². The van der Waals surface area contributed by atoms with Crippen LogP contribution in [0.3, 0.4) is 0 Å². The average molecular weight is 437 g/mol. The fourth-order valence-electron chi connectivity index (χ4n) is 1.99.